The van der Waals surface area contributed by atoms with Crippen molar-refractivity contribution < 1.29 is 37.1 Å². The Labute approximate surface area is 162 Å². The lowest BCUT2D eigenvalue weighted by Crippen LogP contribution is -2.36. The van der Waals surface area contributed by atoms with Gasteiger partial charge in [-0.3, -0.25) is 14.4 Å². The predicted molar refractivity (Wildman–Crippen MR) is 93.4 cm³/mol. The SMILES string of the molecule is O=C(COC(=O)c1cccc(N2C(=O)c3ccccc3C2=O)c1)NCC(F)(F)F. The van der Waals surface area contributed by atoms with Gasteiger partial charge in [0.15, 0.2) is 6.61 Å². The number of imide groups is 1. The van der Waals surface area contributed by atoms with Gasteiger partial charge in [0.1, 0.15) is 6.54 Å². The van der Waals surface area contributed by atoms with Gasteiger partial charge in [0, 0.05) is 0 Å². The molecule has 0 spiro atoms. The monoisotopic (exact) mass is 406 g/mol. The van der Waals surface area contributed by atoms with Gasteiger partial charge in [-0.05, 0) is 30.3 Å². The summed E-state index contributed by atoms with van der Waals surface area (Å²) in [7, 11) is 0. The minimum Gasteiger partial charge on any atom is -0.452 e. The number of esters is 1. The van der Waals surface area contributed by atoms with Crippen LogP contribution in [0.1, 0.15) is 31.1 Å². The number of rotatable bonds is 5. The van der Waals surface area contributed by atoms with Gasteiger partial charge in [-0.2, -0.15) is 13.2 Å². The molecule has 0 radical (unpaired) electrons. The molecule has 0 saturated carbocycles. The Hall–Kier alpha value is -3.69. The normalized spacial score (nSPS) is 13.3. The quantitative estimate of drug-likeness (QED) is 0.608. The van der Waals surface area contributed by atoms with Gasteiger partial charge in [-0.1, -0.05) is 18.2 Å². The highest BCUT2D eigenvalue weighted by molar-refractivity contribution is 6.34. The number of ether oxygens (including phenoxy) is 1. The van der Waals surface area contributed by atoms with E-state index >= 15 is 0 Å². The molecule has 2 aromatic carbocycles. The van der Waals surface area contributed by atoms with Crippen LogP contribution in [-0.2, 0) is 9.53 Å². The summed E-state index contributed by atoms with van der Waals surface area (Å²) in [4.78, 5) is 49.3. The second kappa shape index (κ2) is 7.74. The largest absolute Gasteiger partial charge is 0.452 e. The minimum absolute atomic E-state index is 0.0809. The van der Waals surface area contributed by atoms with Crippen LogP contribution in [0.5, 0.6) is 0 Å². The van der Waals surface area contributed by atoms with Crippen LogP contribution in [0.4, 0.5) is 18.9 Å². The lowest BCUT2D eigenvalue weighted by molar-refractivity contribution is -0.140. The van der Waals surface area contributed by atoms with Crippen LogP contribution in [0.3, 0.4) is 0 Å². The molecule has 0 unspecified atom stereocenters. The summed E-state index contributed by atoms with van der Waals surface area (Å²) in [6.45, 7) is -2.45. The first-order valence-electron chi connectivity index (χ1n) is 8.26. The molecule has 3 amide bonds. The maximum Gasteiger partial charge on any atom is 0.405 e. The molecule has 10 heteroatoms. The second-order valence-corrected chi connectivity index (χ2v) is 6.01. The summed E-state index contributed by atoms with van der Waals surface area (Å²) in [6, 6.07) is 11.6. The smallest absolute Gasteiger partial charge is 0.405 e. The first-order valence-corrected chi connectivity index (χ1v) is 8.26. The molecule has 0 fully saturated rings. The summed E-state index contributed by atoms with van der Waals surface area (Å²) in [5, 5.41) is 1.57. The van der Waals surface area contributed by atoms with E-state index in [1.807, 2.05) is 0 Å². The van der Waals surface area contributed by atoms with Gasteiger partial charge in [0.2, 0.25) is 0 Å². The average molecular weight is 406 g/mol. The number of hydrogen-bond acceptors (Lipinski definition) is 5. The Kier molecular flexibility index (Phi) is 5.35. The fourth-order valence-corrected chi connectivity index (χ4v) is 2.66. The number of fused-ring (bicyclic) bond motifs is 1. The van der Waals surface area contributed by atoms with Crippen LogP contribution in [0.25, 0.3) is 0 Å². The van der Waals surface area contributed by atoms with Crippen LogP contribution in [-0.4, -0.2) is 43.0 Å². The number of alkyl halides is 3. The maximum absolute atomic E-state index is 12.5. The third kappa shape index (κ3) is 4.42. The van der Waals surface area contributed by atoms with E-state index < -0.39 is 43.0 Å². The highest BCUT2D eigenvalue weighted by Gasteiger charge is 2.36. The van der Waals surface area contributed by atoms with E-state index in [0.29, 0.717) is 0 Å². The molecule has 1 N–H and O–H groups in total. The number of carbonyl (C=O) groups excluding carboxylic acids is 4. The van der Waals surface area contributed by atoms with E-state index in [-0.39, 0.29) is 22.4 Å². The predicted octanol–water partition coefficient (Wildman–Crippen LogP) is 2.32. The topological polar surface area (TPSA) is 92.8 Å². The average Bonchev–Trinajstić information content (AvgIpc) is 2.95. The number of hydrogen-bond donors (Lipinski definition) is 1. The molecule has 1 heterocycles. The molecular weight excluding hydrogens is 393 g/mol. The Morgan fingerprint density at radius 1 is 0.966 bits per heavy atom. The fraction of sp³-hybridized carbons (Fsp3) is 0.158. The summed E-state index contributed by atoms with van der Waals surface area (Å²) >= 11 is 0. The maximum atomic E-state index is 12.5. The standard InChI is InChI=1S/C19H13F3N2O5/c20-19(21,22)10-23-15(25)9-29-18(28)11-4-3-5-12(8-11)24-16(26)13-6-1-2-7-14(13)17(24)27/h1-8H,9-10H2,(H,23,25). The minimum atomic E-state index is -4.58. The number of nitrogens with zero attached hydrogens (tertiary/aromatic N) is 1. The third-order valence-corrected chi connectivity index (χ3v) is 3.95. The highest BCUT2D eigenvalue weighted by atomic mass is 19.4. The first kappa shape index (κ1) is 20.1. The lowest BCUT2D eigenvalue weighted by Gasteiger charge is -2.15. The number of anilines is 1. The molecule has 0 bridgehead atoms. The van der Waals surface area contributed by atoms with Gasteiger partial charge in [0.05, 0.1) is 22.4 Å². The third-order valence-electron chi connectivity index (χ3n) is 3.95. The number of carbonyl (C=O) groups is 4. The van der Waals surface area contributed by atoms with E-state index in [1.165, 1.54) is 36.4 Å². The highest BCUT2D eigenvalue weighted by Crippen LogP contribution is 2.28. The fourth-order valence-electron chi connectivity index (χ4n) is 2.66. The Morgan fingerprint density at radius 3 is 2.17 bits per heavy atom. The summed E-state index contributed by atoms with van der Waals surface area (Å²) < 4.78 is 40.8. The van der Waals surface area contributed by atoms with Crippen LogP contribution in [0.15, 0.2) is 48.5 Å². The number of benzene rings is 2. The summed E-state index contributed by atoms with van der Waals surface area (Å²) in [5.74, 6) is -3.22. The van der Waals surface area contributed by atoms with Crippen LogP contribution in [0, 0.1) is 0 Å². The molecule has 0 aromatic heterocycles. The Balaban J connectivity index is 1.69. The van der Waals surface area contributed by atoms with Crippen molar-refractivity contribution in [2.24, 2.45) is 0 Å². The zero-order valence-corrected chi connectivity index (χ0v) is 14.7. The molecule has 0 aliphatic carbocycles. The van der Waals surface area contributed by atoms with Crippen molar-refractivity contribution in [3.05, 3.63) is 65.2 Å². The first-order chi connectivity index (χ1) is 13.7. The van der Waals surface area contributed by atoms with Crippen molar-refractivity contribution in [1.29, 1.82) is 0 Å². The van der Waals surface area contributed by atoms with Gasteiger partial charge < -0.3 is 10.1 Å². The Bertz CT molecular complexity index is 968. The molecule has 0 atom stereocenters. The number of nitrogens with one attached hydrogen (secondary N) is 1. The van der Waals surface area contributed by atoms with Crippen molar-refractivity contribution in [3.8, 4) is 0 Å². The Morgan fingerprint density at radius 2 is 1.59 bits per heavy atom. The van der Waals surface area contributed by atoms with Crippen molar-refractivity contribution in [2.75, 3.05) is 18.1 Å². The molecule has 7 nitrogen and oxygen atoms in total. The lowest BCUT2D eigenvalue weighted by atomic mass is 10.1. The number of amides is 3. The van der Waals surface area contributed by atoms with E-state index in [0.717, 1.165) is 4.90 Å². The van der Waals surface area contributed by atoms with Crippen molar-refractivity contribution in [2.45, 2.75) is 6.18 Å². The van der Waals surface area contributed by atoms with Gasteiger partial charge >= 0.3 is 12.1 Å². The zero-order chi connectivity index (χ0) is 21.2. The van der Waals surface area contributed by atoms with Crippen LogP contribution in [0.2, 0.25) is 0 Å². The second-order valence-electron chi connectivity index (χ2n) is 6.01. The van der Waals surface area contributed by atoms with E-state index in [4.69, 9.17) is 0 Å². The zero-order valence-electron chi connectivity index (χ0n) is 14.7. The van der Waals surface area contributed by atoms with E-state index in [2.05, 4.69) is 4.74 Å². The van der Waals surface area contributed by atoms with Crippen molar-refractivity contribution in [1.82, 2.24) is 5.32 Å². The molecule has 29 heavy (non-hydrogen) atoms. The number of halogens is 3. The van der Waals surface area contributed by atoms with Crippen molar-refractivity contribution in [3.63, 3.8) is 0 Å². The molecule has 1 aliphatic heterocycles. The van der Waals surface area contributed by atoms with E-state index in [9.17, 15) is 32.3 Å². The van der Waals surface area contributed by atoms with Gasteiger partial charge in [-0.15, -0.1) is 0 Å². The molecular formula is C19H13F3N2O5. The molecule has 3 rings (SSSR count). The molecule has 150 valence electrons. The molecule has 1 aliphatic rings. The summed E-state index contributed by atoms with van der Waals surface area (Å²) in [5.41, 5.74) is 0.494. The molecule has 0 saturated heterocycles. The summed E-state index contributed by atoms with van der Waals surface area (Å²) in [6.07, 6.45) is -4.58. The van der Waals surface area contributed by atoms with Gasteiger partial charge in [-0.25, -0.2) is 9.69 Å². The molecule has 2 aromatic rings. The van der Waals surface area contributed by atoms with Gasteiger partial charge in [0.25, 0.3) is 17.7 Å². The van der Waals surface area contributed by atoms with Crippen LogP contribution >= 0.6 is 0 Å². The van der Waals surface area contributed by atoms with Crippen molar-refractivity contribution >= 4 is 29.4 Å². The van der Waals surface area contributed by atoms with Crippen LogP contribution < -0.4 is 10.2 Å². The van der Waals surface area contributed by atoms with E-state index in [1.54, 1.807) is 17.4 Å².